The third kappa shape index (κ3) is 2.02. The second kappa shape index (κ2) is 4.87. The molecule has 0 unspecified atom stereocenters. The fourth-order valence-corrected chi connectivity index (χ4v) is 2.31. The van der Waals surface area contributed by atoms with Crippen molar-refractivity contribution >= 4 is 15.9 Å². The fraction of sp³-hybridized carbons (Fsp3) is 0.214. The van der Waals surface area contributed by atoms with Crippen molar-refractivity contribution in [2.75, 3.05) is 7.11 Å². The van der Waals surface area contributed by atoms with Gasteiger partial charge in [0.05, 0.1) is 18.4 Å². The quantitative estimate of drug-likeness (QED) is 0.849. The maximum Gasteiger partial charge on any atom is 0.128 e. The fourth-order valence-electron chi connectivity index (χ4n) is 1.95. The minimum Gasteiger partial charge on any atom is -0.496 e. The third-order valence-corrected chi connectivity index (χ3v) is 3.59. The van der Waals surface area contributed by atoms with Crippen LogP contribution in [0.15, 0.2) is 28.7 Å². The molecule has 0 bridgehead atoms. The molecule has 1 aromatic carbocycles. The molecule has 0 atom stereocenters. The van der Waals surface area contributed by atoms with E-state index in [9.17, 15) is 0 Å². The Bertz CT molecular complexity index is 638. The van der Waals surface area contributed by atoms with E-state index in [1.54, 1.807) is 7.11 Å². The van der Waals surface area contributed by atoms with Crippen LogP contribution in [0.5, 0.6) is 5.75 Å². The number of methoxy groups -OCH3 is 1. The summed E-state index contributed by atoms with van der Waals surface area (Å²) in [6.07, 6.45) is 0. The van der Waals surface area contributed by atoms with Gasteiger partial charge in [0.25, 0.3) is 0 Å². The zero-order chi connectivity index (χ0) is 13.3. The van der Waals surface area contributed by atoms with Crippen LogP contribution in [0.3, 0.4) is 0 Å². The summed E-state index contributed by atoms with van der Waals surface area (Å²) in [5.74, 6) is 0.795. The number of ether oxygens (including phenoxy) is 1. The molecule has 0 saturated heterocycles. The van der Waals surface area contributed by atoms with Crippen LogP contribution >= 0.6 is 15.9 Å². The first-order valence-corrected chi connectivity index (χ1v) is 6.28. The number of benzene rings is 1. The van der Waals surface area contributed by atoms with Crippen LogP contribution in [0, 0.1) is 18.3 Å². The average molecular weight is 305 g/mol. The standard InChI is InChI=1S/C14H13BrN2O/c1-9-10(8-16)6-13(17(9)2)12-7-11(15)4-5-14(12)18-3/h4-7H,1-3H3. The van der Waals surface area contributed by atoms with Gasteiger partial charge in [-0.3, -0.25) is 0 Å². The van der Waals surface area contributed by atoms with Crippen LogP contribution in [0.4, 0.5) is 0 Å². The molecule has 0 aliphatic carbocycles. The molecule has 2 rings (SSSR count). The van der Waals surface area contributed by atoms with E-state index in [2.05, 4.69) is 22.0 Å². The molecular weight excluding hydrogens is 292 g/mol. The van der Waals surface area contributed by atoms with Gasteiger partial charge in [-0.05, 0) is 31.2 Å². The Morgan fingerprint density at radius 3 is 2.61 bits per heavy atom. The Labute approximate surface area is 115 Å². The highest BCUT2D eigenvalue weighted by Crippen LogP contribution is 2.34. The number of halogens is 1. The normalized spacial score (nSPS) is 10.2. The van der Waals surface area contributed by atoms with Crippen molar-refractivity contribution in [2.24, 2.45) is 7.05 Å². The molecule has 0 N–H and O–H groups in total. The van der Waals surface area contributed by atoms with Crippen LogP contribution in [0.25, 0.3) is 11.3 Å². The summed E-state index contributed by atoms with van der Waals surface area (Å²) in [6, 6.07) is 9.93. The second-order valence-electron chi connectivity index (χ2n) is 4.04. The average Bonchev–Trinajstić information content (AvgIpc) is 2.66. The molecule has 0 saturated carbocycles. The van der Waals surface area contributed by atoms with Crippen LogP contribution in [-0.2, 0) is 7.05 Å². The van der Waals surface area contributed by atoms with E-state index in [0.29, 0.717) is 5.56 Å². The van der Waals surface area contributed by atoms with Crippen molar-refractivity contribution in [1.82, 2.24) is 4.57 Å². The van der Waals surface area contributed by atoms with Crippen LogP contribution in [-0.4, -0.2) is 11.7 Å². The molecule has 0 fully saturated rings. The molecule has 18 heavy (non-hydrogen) atoms. The largest absolute Gasteiger partial charge is 0.496 e. The maximum absolute atomic E-state index is 9.08. The van der Waals surface area contributed by atoms with E-state index >= 15 is 0 Å². The smallest absolute Gasteiger partial charge is 0.128 e. The lowest BCUT2D eigenvalue weighted by atomic mass is 10.1. The van der Waals surface area contributed by atoms with Gasteiger partial charge in [0, 0.05) is 22.8 Å². The second-order valence-corrected chi connectivity index (χ2v) is 4.96. The molecule has 3 nitrogen and oxygen atoms in total. The lowest BCUT2D eigenvalue weighted by Crippen LogP contribution is -1.96. The number of hydrogen-bond donors (Lipinski definition) is 0. The highest BCUT2D eigenvalue weighted by atomic mass is 79.9. The van der Waals surface area contributed by atoms with Gasteiger partial charge in [-0.2, -0.15) is 5.26 Å². The van der Waals surface area contributed by atoms with Crippen molar-refractivity contribution in [2.45, 2.75) is 6.92 Å². The molecular formula is C14H13BrN2O. The molecule has 92 valence electrons. The summed E-state index contributed by atoms with van der Waals surface area (Å²) in [7, 11) is 3.60. The summed E-state index contributed by atoms with van der Waals surface area (Å²) < 4.78 is 8.36. The predicted octanol–water partition coefficient (Wildman–Crippen LogP) is 3.64. The molecule has 2 aromatic rings. The Kier molecular flexibility index (Phi) is 3.44. The first kappa shape index (κ1) is 12.7. The van der Waals surface area contributed by atoms with Crippen molar-refractivity contribution in [1.29, 1.82) is 5.26 Å². The lowest BCUT2D eigenvalue weighted by molar-refractivity contribution is 0.416. The Hall–Kier alpha value is -1.73. The molecule has 1 aromatic heterocycles. The number of aromatic nitrogens is 1. The van der Waals surface area contributed by atoms with Gasteiger partial charge in [0.2, 0.25) is 0 Å². The van der Waals surface area contributed by atoms with Crippen LogP contribution in [0.2, 0.25) is 0 Å². The Balaban J connectivity index is 2.69. The molecule has 0 aliphatic rings. The summed E-state index contributed by atoms with van der Waals surface area (Å²) in [5, 5.41) is 9.08. The minimum atomic E-state index is 0.689. The Morgan fingerprint density at radius 1 is 1.33 bits per heavy atom. The van der Waals surface area contributed by atoms with Crippen molar-refractivity contribution in [3.05, 3.63) is 40.0 Å². The summed E-state index contributed by atoms with van der Waals surface area (Å²) >= 11 is 3.46. The minimum absolute atomic E-state index is 0.689. The molecule has 0 amide bonds. The van der Waals surface area contributed by atoms with E-state index in [0.717, 1.165) is 27.2 Å². The zero-order valence-corrected chi connectivity index (χ0v) is 12.1. The van der Waals surface area contributed by atoms with Gasteiger partial charge in [0.15, 0.2) is 0 Å². The van der Waals surface area contributed by atoms with E-state index < -0.39 is 0 Å². The van der Waals surface area contributed by atoms with Crippen LogP contribution < -0.4 is 4.74 Å². The monoisotopic (exact) mass is 304 g/mol. The van der Waals surface area contributed by atoms with E-state index in [-0.39, 0.29) is 0 Å². The van der Waals surface area contributed by atoms with Gasteiger partial charge in [-0.15, -0.1) is 0 Å². The summed E-state index contributed by atoms with van der Waals surface area (Å²) in [5.41, 5.74) is 3.59. The number of nitrogens with zero attached hydrogens (tertiary/aromatic N) is 2. The van der Waals surface area contributed by atoms with Crippen molar-refractivity contribution in [3.63, 3.8) is 0 Å². The first-order chi connectivity index (χ1) is 8.58. The predicted molar refractivity (Wildman–Crippen MR) is 74.6 cm³/mol. The van der Waals surface area contributed by atoms with E-state index in [1.807, 2.05) is 42.8 Å². The topological polar surface area (TPSA) is 37.9 Å². The molecule has 0 spiro atoms. The highest BCUT2D eigenvalue weighted by molar-refractivity contribution is 9.10. The van der Waals surface area contributed by atoms with Gasteiger partial charge >= 0.3 is 0 Å². The molecule has 0 aliphatic heterocycles. The summed E-state index contributed by atoms with van der Waals surface area (Å²) in [6.45, 7) is 1.94. The van der Waals surface area contributed by atoms with Crippen molar-refractivity contribution in [3.8, 4) is 23.1 Å². The van der Waals surface area contributed by atoms with Gasteiger partial charge < -0.3 is 9.30 Å². The number of hydrogen-bond acceptors (Lipinski definition) is 2. The van der Waals surface area contributed by atoms with Crippen molar-refractivity contribution < 1.29 is 4.74 Å². The number of rotatable bonds is 2. The molecule has 1 heterocycles. The summed E-state index contributed by atoms with van der Waals surface area (Å²) in [4.78, 5) is 0. The molecule has 4 heteroatoms. The maximum atomic E-state index is 9.08. The number of nitriles is 1. The van der Waals surface area contributed by atoms with Gasteiger partial charge in [-0.25, -0.2) is 0 Å². The van der Waals surface area contributed by atoms with E-state index in [1.165, 1.54) is 0 Å². The van der Waals surface area contributed by atoms with E-state index in [4.69, 9.17) is 10.00 Å². The van der Waals surface area contributed by atoms with Gasteiger partial charge in [-0.1, -0.05) is 15.9 Å². The van der Waals surface area contributed by atoms with Crippen LogP contribution in [0.1, 0.15) is 11.3 Å². The SMILES string of the molecule is COc1ccc(Br)cc1-c1cc(C#N)c(C)n1C. The molecule has 0 radical (unpaired) electrons. The third-order valence-electron chi connectivity index (χ3n) is 3.09. The highest BCUT2D eigenvalue weighted by Gasteiger charge is 2.14. The zero-order valence-electron chi connectivity index (χ0n) is 10.5. The first-order valence-electron chi connectivity index (χ1n) is 5.48. The Morgan fingerprint density at radius 2 is 2.06 bits per heavy atom. The lowest BCUT2D eigenvalue weighted by Gasteiger charge is -2.10. The van der Waals surface area contributed by atoms with Gasteiger partial charge in [0.1, 0.15) is 11.8 Å².